The Morgan fingerprint density at radius 3 is 2.45 bits per heavy atom. The van der Waals surface area contributed by atoms with Crippen molar-refractivity contribution in [2.45, 2.75) is 39.5 Å². The Morgan fingerprint density at radius 2 is 1.83 bits per heavy atom. The molecule has 0 saturated heterocycles. The Balaban J connectivity index is 1.93. The van der Waals surface area contributed by atoms with E-state index >= 15 is 0 Å². The zero-order chi connectivity index (χ0) is 21.5. The predicted molar refractivity (Wildman–Crippen MR) is 111 cm³/mol. The maximum atomic E-state index is 12.9. The molecule has 1 aromatic carbocycles. The molecule has 0 aliphatic carbocycles. The first kappa shape index (κ1) is 20.9. The molecule has 2 aromatic heterocycles. The second kappa shape index (κ2) is 7.53. The Kier molecular flexibility index (Phi) is 5.42. The molecule has 0 saturated carbocycles. The number of rotatable bonds is 5. The maximum Gasteiger partial charge on any atom is 0.267 e. The Morgan fingerprint density at radius 1 is 1.14 bits per heavy atom. The fraction of sp³-hybridized carbons (Fsp3) is 0.263. The summed E-state index contributed by atoms with van der Waals surface area (Å²) in [6.45, 7) is 8.64. The fourth-order valence-electron chi connectivity index (χ4n) is 2.90. The quantitative estimate of drug-likeness (QED) is 0.556. The standard InChI is InChI=1S/C19H21N3O5S2/c1-9-8-10(2)16(23)12(4)15(9)20-18(24)17-14(6-7-28-17)29(25,26)22-19-11(3)13(5)21-27-19/h6-8,22-23H,1-5H3,(H,20,24). The average Bonchev–Trinajstić information content (AvgIpc) is 3.26. The molecule has 3 rings (SSSR count). The second-order valence-electron chi connectivity index (χ2n) is 6.75. The third-order valence-corrected chi connectivity index (χ3v) is 7.09. The second-order valence-corrected chi connectivity index (χ2v) is 9.32. The molecule has 0 radical (unpaired) electrons. The van der Waals surface area contributed by atoms with Gasteiger partial charge in [0.1, 0.15) is 15.5 Å². The molecule has 0 aliphatic rings. The van der Waals surface area contributed by atoms with Crippen molar-refractivity contribution >= 4 is 38.8 Å². The van der Waals surface area contributed by atoms with E-state index in [-0.39, 0.29) is 21.4 Å². The molecular formula is C19H21N3O5S2. The summed E-state index contributed by atoms with van der Waals surface area (Å²) >= 11 is 1.00. The highest BCUT2D eigenvalue weighted by atomic mass is 32.2. The molecule has 3 aromatic rings. The highest BCUT2D eigenvalue weighted by molar-refractivity contribution is 7.93. The summed E-state index contributed by atoms with van der Waals surface area (Å²) in [6.07, 6.45) is 0. The van der Waals surface area contributed by atoms with Crippen LogP contribution >= 0.6 is 11.3 Å². The SMILES string of the molecule is Cc1cc(C)c(NC(=O)c2sccc2S(=O)(=O)Nc2onc(C)c2C)c(C)c1O. The predicted octanol–water partition coefficient (Wildman–Crippen LogP) is 4.04. The van der Waals surface area contributed by atoms with Crippen molar-refractivity contribution in [3.05, 3.63) is 50.3 Å². The van der Waals surface area contributed by atoms with Crippen LogP contribution in [-0.2, 0) is 10.0 Å². The summed E-state index contributed by atoms with van der Waals surface area (Å²) in [5.74, 6) is -0.488. The van der Waals surface area contributed by atoms with Crippen molar-refractivity contribution in [1.29, 1.82) is 0 Å². The molecule has 0 unspecified atom stereocenters. The number of sulfonamides is 1. The first-order chi connectivity index (χ1) is 13.5. The molecule has 10 heteroatoms. The van der Waals surface area contributed by atoms with Crippen molar-refractivity contribution in [2.24, 2.45) is 0 Å². The number of aromatic nitrogens is 1. The minimum absolute atomic E-state index is 0.00945. The van der Waals surface area contributed by atoms with E-state index in [0.717, 1.165) is 16.9 Å². The number of nitrogens with one attached hydrogen (secondary N) is 2. The fourth-order valence-corrected chi connectivity index (χ4v) is 5.27. The van der Waals surface area contributed by atoms with E-state index in [4.69, 9.17) is 4.52 Å². The number of hydrogen-bond acceptors (Lipinski definition) is 7. The number of carbonyl (C=O) groups is 1. The van der Waals surface area contributed by atoms with Gasteiger partial charge < -0.3 is 14.9 Å². The van der Waals surface area contributed by atoms with Gasteiger partial charge in [-0.2, -0.15) is 0 Å². The lowest BCUT2D eigenvalue weighted by atomic mass is 10.0. The smallest absolute Gasteiger partial charge is 0.267 e. The average molecular weight is 436 g/mol. The summed E-state index contributed by atoms with van der Waals surface area (Å²) in [6, 6.07) is 3.10. The van der Waals surface area contributed by atoms with Gasteiger partial charge in [-0.15, -0.1) is 11.3 Å². The van der Waals surface area contributed by atoms with Crippen molar-refractivity contribution in [3.63, 3.8) is 0 Å². The summed E-state index contributed by atoms with van der Waals surface area (Å²) in [4.78, 5) is 12.7. The van der Waals surface area contributed by atoms with Crippen LogP contribution in [0.2, 0.25) is 0 Å². The third-order valence-electron chi connectivity index (χ3n) is 4.68. The number of thiophene rings is 1. The lowest BCUT2D eigenvalue weighted by Crippen LogP contribution is -2.19. The normalized spacial score (nSPS) is 11.5. The zero-order valence-electron chi connectivity index (χ0n) is 16.6. The van der Waals surface area contributed by atoms with E-state index in [1.165, 1.54) is 11.4 Å². The summed E-state index contributed by atoms with van der Waals surface area (Å²) in [7, 11) is -4.07. The Hall–Kier alpha value is -2.85. The van der Waals surface area contributed by atoms with E-state index in [9.17, 15) is 18.3 Å². The molecule has 1 amide bonds. The molecule has 154 valence electrons. The van der Waals surface area contributed by atoms with Crippen molar-refractivity contribution in [2.75, 3.05) is 10.0 Å². The monoisotopic (exact) mass is 435 g/mol. The lowest BCUT2D eigenvalue weighted by molar-refractivity contribution is 0.102. The molecular weight excluding hydrogens is 414 g/mol. The van der Waals surface area contributed by atoms with E-state index < -0.39 is 15.9 Å². The molecule has 29 heavy (non-hydrogen) atoms. The topological polar surface area (TPSA) is 122 Å². The van der Waals surface area contributed by atoms with Crippen molar-refractivity contribution < 1.29 is 22.8 Å². The van der Waals surface area contributed by atoms with Crippen LogP contribution in [0.4, 0.5) is 11.6 Å². The van der Waals surface area contributed by atoms with Gasteiger partial charge in [0.15, 0.2) is 0 Å². The van der Waals surface area contributed by atoms with Gasteiger partial charge in [-0.3, -0.25) is 4.79 Å². The summed E-state index contributed by atoms with van der Waals surface area (Å²) in [5, 5.41) is 18.1. The highest BCUT2D eigenvalue weighted by Crippen LogP contribution is 2.33. The third kappa shape index (κ3) is 3.85. The number of carbonyl (C=O) groups excluding carboxylic acids is 1. The zero-order valence-corrected chi connectivity index (χ0v) is 18.2. The first-order valence-electron chi connectivity index (χ1n) is 8.67. The van der Waals surface area contributed by atoms with E-state index in [2.05, 4.69) is 15.2 Å². The first-order valence-corrected chi connectivity index (χ1v) is 11.0. The number of hydrogen-bond donors (Lipinski definition) is 3. The molecule has 0 atom stereocenters. The van der Waals surface area contributed by atoms with Gasteiger partial charge in [0.2, 0.25) is 5.88 Å². The summed E-state index contributed by atoms with van der Waals surface area (Å²) < 4.78 is 33.0. The van der Waals surface area contributed by atoms with E-state index in [1.54, 1.807) is 40.7 Å². The van der Waals surface area contributed by atoms with Gasteiger partial charge in [0.05, 0.1) is 11.4 Å². The molecule has 0 spiro atoms. The number of amides is 1. The number of nitrogens with zero attached hydrogens (tertiary/aromatic N) is 1. The minimum Gasteiger partial charge on any atom is -0.507 e. The maximum absolute atomic E-state index is 12.9. The number of benzene rings is 1. The number of anilines is 2. The molecule has 3 N–H and O–H groups in total. The van der Waals surface area contributed by atoms with Gasteiger partial charge in [0.25, 0.3) is 15.9 Å². The van der Waals surface area contributed by atoms with Crippen LogP contribution < -0.4 is 10.0 Å². The van der Waals surface area contributed by atoms with Gasteiger partial charge in [-0.1, -0.05) is 11.2 Å². The Bertz CT molecular complexity index is 1210. The van der Waals surface area contributed by atoms with Crippen LogP contribution in [0.3, 0.4) is 0 Å². The van der Waals surface area contributed by atoms with Crippen LogP contribution in [0.5, 0.6) is 5.75 Å². The van der Waals surface area contributed by atoms with Gasteiger partial charge in [0, 0.05) is 11.1 Å². The van der Waals surface area contributed by atoms with Crippen LogP contribution in [-0.4, -0.2) is 24.6 Å². The molecule has 0 aliphatic heterocycles. The van der Waals surface area contributed by atoms with Gasteiger partial charge in [-0.25, -0.2) is 13.1 Å². The van der Waals surface area contributed by atoms with Crippen molar-refractivity contribution in [1.82, 2.24) is 5.16 Å². The van der Waals surface area contributed by atoms with E-state index in [0.29, 0.717) is 28.1 Å². The molecule has 2 heterocycles. The van der Waals surface area contributed by atoms with Crippen LogP contribution in [0.15, 0.2) is 26.9 Å². The van der Waals surface area contributed by atoms with Gasteiger partial charge >= 0.3 is 0 Å². The van der Waals surface area contributed by atoms with Crippen LogP contribution in [0.25, 0.3) is 0 Å². The number of phenols is 1. The van der Waals surface area contributed by atoms with Crippen LogP contribution in [0.1, 0.15) is 37.6 Å². The number of phenolic OH excluding ortho intramolecular Hbond substituents is 1. The Labute approximate surface area is 172 Å². The van der Waals surface area contributed by atoms with Crippen molar-refractivity contribution in [3.8, 4) is 5.75 Å². The lowest BCUT2D eigenvalue weighted by Gasteiger charge is -2.15. The number of aryl methyl sites for hydroxylation is 3. The molecule has 0 fully saturated rings. The molecule has 0 bridgehead atoms. The largest absolute Gasteiger partial charge is 0.507 e. The molecule has 8 nitrogen and oxygen atoms in total. The van der Waals surface area contributed by atoms with E-state index in [1.807, 2.05) is 0 Å². The number of aromatic hydroxyl groups is 1. The van der Waals surface area contributed by atoms with Gasteiger partial charge in [-0.05, 0) is 57.2 Å². The van der Waals surface area contributed by atoms with Crippen LogP contribution in [0, 0.1) is 34.6 Å². The summed E-state index contributed by atoms with van der Waals surface area (Å²) in [5.41, 5.74) is 3.55. The highest BCUT2D eigenvalue weighted by Gasteiger charge is 2.27. The minimum atomic E-state index is -4.07.